The van der Waals surface area contributed by atoms with E-state index in [-0.39, 0.29) is 5.82 Å². The van der Waals surface area contributed by atoms with E-state index in [1.54, 1.807) is 12.1 Å². The molecule has 0 saturated carbocycles. The molecule has 4 heteroatoms. The first-order valence-electron chi connectivity index (χ1n) is 5.51. The maximum absolute atomic E-state index is 13.4. The van der Waals surface area contributed by atoms with Crippen molar-refractivity contribution in [2.75, 3.05) is 13.1 Å². The van der Waals surface area contributed by atoms with E-state index in [2.05, 4.69) is 24.5 Å². The van der Waals surface area contributed by atoms with Crippen LogP contribution in [0, 0.1) is 5.82 Å². The molecule has 2 nitrogen and oxygen atoms in total. The minimum absolute atomic E-state index is 0.254. The Morgan fingerprint density at radius 1 is 1.44 bits per heavy atom. The zero-order valence-electron chi connectivity index (χ0n) is 9.69. The fourth-order valence-electron chi connectivity index (χ4n) is 1.38. The fraction of sp³-hybridized carbons (Fsp3) is 0.500. The number of nitrogens with one attached hydrogen (secondary N) is 2. The lowest BCUT2D eigenvalue weighted by Gasteiger charge is -2.14. The molecule has 0 aromatic heterocycles. The zero-order valence-corrected chi connectivity index (χ0v) is 10.4. The first kappa shape index (κ1) is 13.4. The maximum atomic E-state index is 13.4. The van der Waals surface area contributed by atoms with Gasteiger partial charge in [0.05, 0.1) is 0 Å². The lowest BCUT2D eigenvalue weighted by molar-refractivity contribution is 0.498. The highest BCUT2D eigenvalue weighted by Gasteiger charge is 2.05. The molecule has 1 unspecified atom stereocenters. The van der Waals surface area contributed by atoms with Crippen molar-refractivity contribution < 1.29 is 4.39 Å². The van der Waals surface area contributed by atoms with E-state index < -0.39 is 0 Å². The summed E-state index contributed by atoms with van der Waals surface area (Å²) in [5.41, 5.74) is 0.646. The molecular formula is C12H18ClFN2. The van der Waals surface area contributed by atoms with Gasteiger partial charge in [0, 0.05) is 29.7 Å². The molecule has 1 atom stereocenters. The van der Waals surface area contributed by atoms with Crippen molar-refractivity contribution in [3.8, 4) is 0 Å². The van der Waals surface area contributed by atoms with E-state index in [9.17, 15) is 4.39 Å². The summed E-state index contributed by atoms with van der Waals surface area (Å²) in [6.07, 6.45) is 0. The van der Waals surface area contributed by atoms with Crippen molar-refractivity contribution in [3.63, 3.8) is 0 Å². The highest BCUT2D eigenvalue weighted by molar-refractivity contribution is 6.30. The van der Waals surface area contributed by atoms with Crippen LogP contribution in [0.4, 0.5) is 4.39 Å². The minimum Gasteiger partial charge on any atom is -0.315 e. The third-order valence-electron chi connectivity index (χ3n) is 2.36. The maximum Gasteiger partial charge on any atom is 0.129 e. The molecule has 0 aliphatic carbocycles. The van der Waals surface area contributed by atoms with Gasteiger partial charge in [0.15, 0.2) is 0 Å². The van der Waals surface area contributed by atoms with Gasteiger partial charge >= 0.3 is 0 Å². The van der Waals surface area contributed by atoms with E-state index in [1.165, 1.54) is 6.07 Å². The van der Waals surface area contributed by atoms with Crippen LogP contribution in [0.5, 0.6) is 0 Å². The number of hydrogen-bond donors (Lipinski definition) is 2. The Morgan fingerprint density at radius 2 is 2.19 bits per heavy atom. The van der Waals surface area contributed by atoms with Gasteiger partial charge in [-0.05, 0) is 25.6 Å². The minimum atomic E-state index is -0.254. The van der Waals surface area contributed by atoms with Gasteiger partial charge < -0.3 is 10.6 Å². The lowest BCUT2D eigenvalue weighted by Crippen LogP contribution is -2.35. The van der Waals surface area contributed by atoms with Gasteiger partial charge in [0.1, 0.15) is 5.82 Å². The third-order valence-corrected chi connectivity index (χ3v) is 2.59. The standard InChI is InChI=1S/C12H18ClFN2/c1-3-15-7-9(2)16-8-10-4-5-11(13)6-12(10)14/h4-6,9,15-16H,3,7-8H2,1-2H3. The van der Waals surface area contributed by atoms with Crippen molar-refractivity contribution in [2.45, 2.75) is 26.4 Å². The molecule has 0 fully saturated rings. The van der Waals surface area contributed by atoms with Crippen LogP contribution in [0.3, 0.4) is 0 Å². The molecule has 1 aromatic rings. The molecule has 0 amide bonds. The molecule has 0 heterocycles. The van der Waals surface area contributed by atoms with Crippen LogP contribution in [0.15, 0.2) is 18.2 Å². The van der Waals surface area contributed by atoms with Crippen molar-refractivity contribution >= 4 is 11.6 Å². The summed E-state index contributed by atoms with van der Waals surface area (Å²) in [6, 6.07) is 5.07. The molecule has 0 radical (unpaired) electrons. The smallest absolute Gasteiger partial charge is 0.129 e. The van der Waals surface area contributed by atoms with Gasteiger partial charge in [-0.3, -0.25) is 0 Å². The van der Waals surface area contributed by atoms with Crippen LogP contribution in [0.25, 0.3) is 0 Å². The normalized spacial score (nSPS) is 12.8. The Labute approximate surface area is 101 Å². The summed E-state index contributed by atoms with van der Waals surface area (Å²) >= 11 is 5.68. The Hall–Kier alpha value is -0.640. The summed E-state index contributed by atoms with van der Waals surface area (Å²) in [6.45, 7) is 6.48. The van der Waals surface area contributed by atoms with Crippen molar-refractivity contribution in [3.05, 3.63) is 34.6 Å². The quantitative estimate of drug-likeness (QED) is 0.804. The van der Waals surface area contributed by atoms with Gasteiger partial charge in [0.2, 0.25) is 0 Å². The van der Waals surface area contributed by atoms with Gasteiger partial charge in [0.25, 0.3) is 0 Å². The zero-order chi connectivity index (χ0) is 12.0. The van der Waals surface area contributed by atoms with Crippen LogP contribution in [0.1, 0.15) is 19.4 Å². The van der Waals surface area contributed by atoms with Crippen LogP contribution in [0.2, 0.25) is 5.02 Å². The Kier molecular flexibility index (Phi) is 5.74. The molecule has 90 valence electrons. The predicted molar refractivity (Wildman–Crippen MR) is 66.3 cm³/mol. The lowest BCUT2D eigenvalue weighted by atomic mass is 10.2. The Morgan fingerprint density at radius 3 is 2.81 bits per heavy atom. The van der Waals surface area contributed by atoms with Gasteiger partial charge in [-0.1, -0.05) is 24.6 Å². The van der Waals surface area contributed by atoms with Gasteiger partial charge in [-0.2, -0.15) is 0 Å². The summed E-state index contributed by atoms with van der Waals surface area (Å²) in [7, 11) is 0. The number of benzene rings is 1. The number of halogens is 2. The van der Waals surface area contributed by atoms with E-state index in [1.807, 2.05) is 0 Å². The first-order valence-corrected chi connectivity index (χ1v) is 5.89. The van der Waals surface area contributed by atoms with Crippen LogP contribution in [-0.4, -0.2) is 19.1 Å². The van der Waals surface area contributed by atoms with Crippen LogP contribution < -0.4 is 10.6 Å². The van der Waals surface area contributed by atoms with Crippen molar-refractivity contribution in [2.24, 2.45) is 0 Å². The third kappa shape index (κ3) is 4.47. The SMILES string of the molecule is CCNCC(C)NCc1ccc(Cl)cc1F. The number of hydrogen-bond acceptors (Lipinski definition) is 2. The number of rotatable bonds is 6. The summed E-state index contributed by atoms with van der Waals surface area (Å²) in [5, 5.41) is 6.91. The Bertz CT molecular complexity index is 331. The van der Waals surface area contributed by atoms with Crippen molar-refractivity contribution in [1.29, 1.82) is 0 Å². The molecule has 0 saturated heterocycles. The summed E-state index contributed by atoms with van der Waals surface area (Å²) < 4.78 is 13.4. The fourth-order valence-corrected chi connectivity index (χ4v) is 1.54. The average molecular weight is 245 g/mol. The predicted octanol–water partition coefficient (Wildman–Crippen LogP) is 2.57. The van der Waals surface area contributed by atoms with Gasteiger partial charge in [-0.15, -0.1) is 0 Å². The van der Waals surface area contributed by atoms with Gasteiger partial charge in [-0.25, -0.2) is 4.39 Å². The molecule has 2 N–H and O–H groups in total. The van der Waals surface area contributed by atoms with E-state index in [0.717, 1.165) is 13.1 Å². The van der Waals surface area contributed by atoms with E-state index in [4.69, 9.17) is 11.6 Å². The second-order valence-corrected chi connectivity index (χ2v) is 4.26. The van der Waals surface area contributed by atoms with Crippen molar-refractivity contribution in [1.82, 2.24) is 10.6 Å². The second kappa shape index (κ2) is 6.84. The molecular weight excluding hydrogens is 227 g/mol. The number of likely N-dealkylation sites (N-methyl/N-ethyl adjacent to an activating group) is 1. The largest absolute Gasteiger partial charge is 0.315 e. The highest BCUT2D eigenvalue weighted by atomic mass is 35.5. The summed E-state index contributed by atoms with van der Waals surface area (Å²) in [4.78, 5) is 0. The average Bonchev–Trinajstić information content (AvgIpc) is 2.25. The molecule has 1 aromatic carbocycles. The van der Waals surface area contributed by atoms with E-state index >= 15 is 0 Å². The molecule has 0 spiro atoms. The highest BCUT2D eigenvalue weighted by Crippen LogP contribution is 2.14. The first-order chi connectivity index (χ1) is 7.63. The molecule has 16 heavy (non-hydrogen) atoms. The second-order valence-electron chi connectivity index (χ2n) is 3.83. The molecule has 1 rings (SSSR count). The summed E-state index contributed by atoms with van der Waals surface area (Å²) in [5.74, 6) is -0.254. The molecule has 0 aliphatic rings. The molecule has 0 bridgehead atoms. The topological polar surface area (TPSA) is 24.1 Å². The Balaban J connectivity index is 2.42. The van der Waals surface area contributed by atoms with Crippen LogP contribution in [-0.2, 0) is 6.54 Å². The van der Waals surface area contributed by atoms with E-state index in [0.29, 0.717) is 23.2 Å². The molecule has 0 aliphatic heterocycles. The van der Waals surface area contributed by atoms with Crippen LogP contribution >= 0.6 is 11.6 Å². The monoisotopic (exact) mass is 244 g/mol.